The van der Waals surface area contributed by atoms with E-state index < -0.39 is 0 Å². The summed E-state index contributed by atoms with van der Waals surface area (Å²) < 4.78 is 12.1. The van der Waals surface area contributed by atoms with Crippen LogP contribution >= 0.6 is 11.3 Å². The number of aromatic amines is 1. The van der Waals surface area contributed by atoms with E-state index in [1.165, 1.54) is 4.88 Å². The van der Waals surface area contributed by atoms with E-state index in [1.54, 1.807) is 11.3 Å². The third-order valence-corrected chi connectivity index (χ3v) is 8.85. The second-order valence-corrected chi connectivity index (χ2v) is 11.3. The Labute approximate surface area is 230 Å². The number of fused-ring (bicyclic) bond motifs is 2. The lowest BCUT2D eigenvalue weighted by Crippen LogP contribution is -2.54. The molecule has 7 rings (SSSR count). The molecule has 0 unspecified atom stereocenters. The molecule has 204 valence electrons. The molecule has 1 N–H and O–H groups in total. The number of piperazine rings is 1. The summed E-state index contributed by atoms with van der Waals surface area (Å²) in [5.41, 5.74) is 2.93. The number of hydrogen-bond acceptors (Lipinski definition) is 9. The highest BCUT2D eigenvalue weighted by atomic mass is 32.1. The number of hydrogen-bond donors (Lipinski definition) is 1. The molecule has 0 spiro atoms. The highest BCUT2D eigenvalue weighted by molar-refractivity contribution is 7.19. The van der Waals surface area contributed by atoms with Crippen LogP contribution in [0.5, 0.6) is 0 Å². The van der Waals surface area contributed by atoms with Crippen LogP contribution in [0.15, 0.2) is 30.5 Å². The molecule has 12 heteroatoms. The highest BCUT2D eigenvalue weighted by Crippen LogP contribution is 2.36. The van der Waals surface area contributed by atoms with Gasteiger partial charge in [0.25, 0.3) is 0 Å². The van der Waals surface area contributed by atoms with Crippen LogP contribution in [0.25, 0.3) is 32.5 Å². The standard InChI is InChI=1S/C27H32N8O3S/c36-27(35-10-14-38-15-11-35)34-6-4-32(5-7-34)18-19-16-23-24(39-19)26(33-8-12-37-13-9-33)30-25(29-23)20-2-1-3-22-21(20)17-28-31-22/h1-3,16-17H,4-15,18H2,(H,28,31). The van der Waals surface area contributed by atoms with E-state index >= 15 is 0 Å². The number of ether oxygens (including phenoxy) is 2. The van der Waals surface area contributed by atoms with Gasteiger partial charge in [0.2, 0.25) is 0 Å². The molecule has 0 aliphatic carbocycles. The van der Waals surface area contributed by atoms with Crippen molar-refractivity contribution in [3.8, 4) is 11.4 Å². The summed E-state index contributed by atoms with van der Waals surface area (Å²) in [4.78, 5) is 33.0. The molecule has 0 radical (unpaired) electrons. The van der Waals surface area contributed by atoms with Crippen LogP contribution in [-0.4, -0.2) is 120 Å². The number of thiophene rings is 1. The molecule has 3 aliphatic heterocycles. The van der Waals surface area contributed by atoms with E-state index in [0.29, 0.717) is 39.5 Å². The van der Waals surface area contributed by atoms with Crippen LogP contribution in [0.3, 0.4) is 0 Å². The Kier molecular flexibility index (Phi) is 6.77. The number of morpholine rings is 2. The second kappa shape index (κ2) is 10.7. The number of benzene rings is 1. The second-order valence-electron chi connectivity index (χ2n) is 10.2. The zero-order valence-corrected chi connectivity index (χ0v) is 22.7. The number of urea groups is 1. The van der Waals surface area contributed by atoms with E-state index in [1.807, 2.05) is 28.1 Å². The van der Waals surface area contributed by atoms with Crippen molar-refractivity contribution in [2.75, 3.05) is 83.7 Å². The maximum Gasteiger partial charge on any atom is 0.320 e. The quantitative estimate of drug-likeness (QED) is 0.415. The monoisotopic (exact) mass is 548 g/mol. The summed E-state index contributed by atoms with van der Waals surface area (Å²) in [6, 6.07) is 8.46. The van der Waals surface area contributed by atoms with Gasteiger partial charge in [-0.25, -0.2) is 14.8 Å². The molecule has 0 saturated carbocycles. The SMILES string of the molecule is O=C(N1CCOCC1)N1CCN(Cc2cc3nc(-c4cccc5[nH]ncc45)nc(N4CCOCC4)c3s2)CC1. The predicted molar refractivity (Wildman–Crippen MR) is 150 cm³/mol. The minimum absolute atomic E-state index is 0.144. The van der Waals surface area contributed by atoms with Gasteiger partial charge in [-0.3, -0.25) is 10.00 Å². The average Bonchev–Trinajstić information content (AvgIpc) is 3.64. The molecule has 0 atom stereocenters. The molecular formula is C27H32N8O3S. The van der Waals surface area contributed by atoms with Crippen molar-refractivity contribution in [2.24, 2.45) is 0 Å². The maximum absolute atomic E-state index is 12.9. The lowest BCUT2D eigenvalue weighted by Gasteiger charge is -2.38. The molecule has 3 aromatic heterocycles. The molecule has 3 saturated heterocycles. The van der Waals surface area contributed by atoms with Crippen molar-refractivity contribution in [2.45, 2.75) is 6.54 Å². The summed E-state index contributed by atoms with van der Waals surface area (Å²) in [5.74, 6) is 1.70. The van der Waals surface area contributed by atoms with Crippen LogP contribution < -0.4 is 4.90 Å². The fourth-order valence-corrected chi connectivity index (χ4v) is 6.74. The first-order valence-corrected chi connectivity index (χ1v) is 14.4. The van der Waals surface area contributed by atoms with Crippen LogP contribution in [0.4, 0.5) is 10.6 Å². The molecule has 11 nitrogen and oxygen atoms in total. The normalized spacial score (nSPS) is 19.3. The number of rotatable bonds is 4. The largest absolute Gasteiger partial charge is 0.378 e. The van der Waals surface area contributed by atoms with Gasteiger partial charge in [0, 0.05) is 74.7 Å². The number of carbonyl (C=O) groups is 1. The Morgan fingerprint density at radius 3 is 2.46 bits per heavy atom. The topological polar surface area (TPSA) is 103 Å². The molecule has 6 heterocycles. The first-order chi connectivity index (χ1) is 19.2. The Bertz CT molecular complexity index is 1470. The highest BCUT2D eigenvalue weighted by Gasteiger charge is 2.27. The average molecular weight is 549 g/mol. The number of anilines is 1. The van der Waals surface area contributed by atoms with E-state index in [-0.39, 0.29) is 6.03 Å². The third kappa shape index (κ3) is 4.93. The van der Waals surface area contributed by atoms with Gasteiger partial charge >= 0.3 is 6.03 Å². The molecule has 2 amide bonds. The Balaban J connectivity index is 1.14. The van der Waals surface area contributed by atoms with Gasteiger partial charge in [-0.2, -0.15) is 5.10 Å². The summed E-state index contributed by atoms with van der Waals surface area (Å²) in [5, 5.41) is 8.30. The van der Waals surface area contributed by atoms with Crippen molar-refractivity contribution in [1.82, 2.24) is 34.9 Å². The minimum Gasteiger partial charge on any atom is -0.378 e. The van der Waals surface area contributed by atoms with Crippen molar-refractivity contribution < 1.29 is 14.3 Å². The summed E-state index contributed by atoms with van der Waals surface area (Å²) >= 11 is 1.78. The van der Waals surface area contributed by atoms with E-state index in [0.717, 1.165) is 84.1 Å². The Morgan fingerprint density at radius 2 is 1.67 bits per heavy atom. The zero-order chi connectivity index (χ0) is 26.2. The van der Waals surface area contributed by atoms with Crippen LogP contribution in [0, 0.1) is 0 Å². The number of nitrogens with one attached hydrogen (secondary N) is 1. The summed E-state index contributed by atoms with van der Waals surface area (Å²) in [6.45, 7) is 9.72. The number of H-pyrrole nitrogens is 1. The van der Waals surface area contributed by atoms with Crippen molar-refractivity contribution in [3.63, 3.8) is 0 Å². The van der Waals surface area contributed by atoms with Gasteiger partial charge in [-0.1, -0.05) is 12.1 Å². The lowest BCUT2D eigenvalue weighted by molar-refractivity contribution is 0.0373. The van der Waals surface area contributed by atoms with Gasteiger partial charge in [-0.15, -0.1) is 11.3 Å². The fourth-order valence-electron chi connectivity index (χ4n) is 5.59. The van der Waals surface area contributed by atoms with Crippen molar-refractivity contribution in [3.05, 3.63) is 35.3 Å². The molecule has 3 fully saturated rings. The molecule has 3 aliphatic rings. The summed E-state index contributed by atoms with van der Waals surface area (Å²) in [7, 11) is 0. The lowest BCUT2D eigenvalue weighted by atomic mass is 10.1. The van der Waals surface area contributed by atoms with Gasteiger partial charge in [0.15, 0.2) is 11.6 Å². The number of carbonyl (C=O) groups excluding carboxylic acids is 1. The zero-order valence-electron chi connectivity index (χ0n) is 21.8. The third-order valence-electron chi connectivity index (χ3n) is 7.74. The fraction of sp³-hybridized carbons (Fsp3) is 0.481. The molecule has 39 heavy (non-hydrogen) atoms. The van der Waals surface area contributed by atoms with Crippen LogP contribution in [0.1, 0.15) is 4.88 Å². The van der Waals surface area contributed by atoms with Gasteiger partial charge in [0.05, 0.1) is 48.4 Å². The van der Waals surface area contributed by atoms with E-state index in [2.05, 4.69) is 32.1 Å². The van der Waals surface area contributed by atoms with Gasteiger partial charge < -0.3 is 24.2 Å². The Hall–Kier alpha value is -3.32. The van der Waals surface area contributed by atoms with Crippen molar-refractivity contribution >= 4 is 44.3 Å². The molecule has 4 aromatic rings. The van der Waals surface area contributed by atoms with Crippen molar-refractivity contribution in [1.29, 1.82) is 0 Å². The van der Waals surface area contributed by atoms with Gasteiger partial charge in [-0.05, 0) is 12.1 Å². The Morgan fingerprint density at radius 1 is 0.923 bits per heavy atom. The molecule has 0 bridgehead atoms. The van der Waals surface area contributed by atoms with Gasteiger partial charge in [0.1, 0.15) is 0 Å². The maximum atomic E-state index is 12.9. The van der Waals surface area contributed by atoms with Crippen LogP contribution in [0.2, 0.25) is 0 Å². The number of nitrogens with zero attached hydrogens (tertiary/aromatic N) is 7. The first kappa shape index (κ1) is 24.7. The first-order valence-electron chi connectivity index (χ1n) is 13.6. The smallest absolute Gasteiger partial charge is 0.320 e. The van der Waals surface area contributed by atoms with Crippen LogP contribution in [-0.2, 0) is 16.0 Å². The minimum atomic E-state index is 0.144. The van der Waals surface area contributed by atoms with E-state index in [9.17, 15) is 4.79 Å². The number of aromatic nitrogens is 4. The summed E-state index contributed by atoms with van der Waals surface area (Å²) in [6.07, 6.45) is 1.84. The molecular weight excluding hydrogens is 516 g/mol. The number of amides is 2. The molecule has 1 aromatic carbocycles. The predicted octanol–water partition coefficient (Wildman–Crippen LogP) is 2.64. The van der Waals surface area contributed by atoms with E-state index in [4.69, 9.17) is 19.4 Å².